The molecular weight excluding hydrogens is 112 g/mol. The van der Waals surface area contributed by atoms with Crippen molar-refractivity contribution in [3.8, 4) is 6.07 Å². The van der Waals surface area contributed by atoms with Gasteiger partial charge in [0.05, 0.1) is 6.07 Å². The highest BCUT2D eigenvalue weighted by atomic mass is 16.7. The minimum Gasteiger partial charge on any atom is -0.234 e. The molecule has 0 aliphatic carbocycles. The number of hydrogen-bond acceptors (Lipinski definition) is 4. The van der Waals surface area contributed by atoms with E-state index in [1.165, 1.54) is 0 Å². The molecule has 0 unspecified atom stereocenters. The molecule has 6 heteroatoms. The summed E-state index contributed by atoms with van der Waals surface area (Å²) >= 11 is 0. The summed E-state index contributed by atoms with van der Waals surface area (Å²) in [7, 11) is 0. The first-order valence-corrected chi connectivity index (χ1v) is 1.77. The second kappa shape index (κ2) is 3.83. The summed E-state index contributed by atoms with van der Waals surface area (Å²) in [5.74, 6) is 0. The predicted octanol–water partition coefficient (Wildman–Crippen LogP) is -1.20. The van der Waals surface area contributed by atoms with Gasteiger partial charge in [-0.25, -0.2) is 10.1 Å². The van der Waals surface area contributed by atoms with Crippen molar-refractivity contribution in [2.45, 2.75) is 0 Å². The zero-order valence-electron chi connectivity index (χ0n) is 3.92. The molecule has 0 aromatic rings. The van der Waals surface area contributed by atoms with E-state index in [1.807, 2.05) is 5.43 Å². The molecule has 0 rings (SSSR count). The molecular formula is C2H4N4O2. The fourth-order valence-electron chi connectivity index (χ4n) is 0.144. The predicted molar refractivity (Wildman–Crippen MR) is 23.7 cm³/mol. The number of nitrogens with zero attached hydrogens (tertiary/aromatic N) is 2. The Kier molecular flexibility index (Phi) is 3.18. The van der Waals surface area contributed by atoms with Crippen LogP contribution in [0.2, 0.25) is 0 Å². The van der Waals surface area contributed by atoms with Gasteiger partial charge in [-0.15, -0.1) is 0 Å². The summed E-state index contributed by atoms with van der Waals surface area (Å²) in [5.41, 5.74) is 3.62. The largest absolute Gasteiger partial charge is 0.234 e. The number of nitro groups is 1. The van der Waals surface area contributed by atoms with Crippen LogP contribution in [0.15, 0.2) is 0 Å². The zero-order chi connectivity index (χ0) is 6.41. The van der Waals surface area contributed by atoms with Crippen molar-refractivity contribution < 1.29 is 5.03 Å². The summed E-state index contributed by atoms with van der Waals surface area (Å²) in [4.78, 5) is 9.40. The van der Waals surface area contributed by atoms with Crippen molar-refractivity contribution in [2.75, 3.05) is 6.54 Å². The highest BCUT2D eigenvalue weighted by molar-refractivity contribution is 4.69. The van der Waals surface area contributed by atoms with Gasteiger partial charge in [-0.3, -0.25) is 0 Å². The van der Waals surface area contributed by atoms with Crippen LogP contribution < -0.4 is 11.0 Å². The van der Waals surface area contributed by atoms with E-state index in [1.54, 1.807) is 11.6 Å². The molecule has 8 heavy (non-hydrogen) atoms. The highest BCUT2D eigenvalue weighted by Crippen LogP contribution is 1.49. The van der Waals surface area contributed by atoms with E-state index < -0.39 is 5.03 Å². The van der Waals surface area contributed by atoms with Crippen molar-refractivity contribution in [1.29, 1.82) is 5.26 Å². The molecule has 0 fully saturated rings. The lowest BCUT2D eigenvalue weighted by Gasteiger charge is -1.89. The Morgan fingerprint density at radius 1 is 1.88 bits per heavy atom. The van der Waals surface area contributed by atoms with E-state index in [-0.39, 0.29) is 6.54 Å². The molecule has 2 N–H and O–H groups in total. The number of rotatable bonds is 3. The molecule has 0 aliphatic rings. The third-order valence-corrected chi connectivity index (χ3v) is 0.338. The van der Waals surface area contributed by atoms with Crippen molar-refractivity contribution in [1.82, 2.24) is 11.0 Å². The fourth-order valence-corrected chi connectivity index (χ4v) is 0.144. The molecule has 0 amide bonds. The lowest BCUT2D eigenvalue weighted by Crippen LogP contribution is -2.36. The van der Waals surface area contributed by atoms with Crippen molar-refractivity contribution >= 4 is 0 Å². The molecule has 0 heterocycles. The maximum Gasteiger partial charge on any atom is 0.173 e. The normalized spacial score (nSPS) is 7.38. The second-order valence-electron chi connectivity index (χ2n) is 0.881. The third-order valence-electron chi connectivity index (χ3n) is 0.338. The summed E-state index contributed by atoms with van der Waals surface area (Å²) in [5, 5.41) is 16.4. The highest BCUT2D eigenvalue weighted by Gasteiger charge is 1.86. The van der Waals surface area contributed by atoms with Gasteiger partial charge in [0.2, 0.25) is 0 Å². The molecule has 0 aliphatic heterocycles. The zero-order valence-corrected chi connectivity index (χ0v) is 3.92. The topological polar surface area (TPSA) is 91.0 Å². The van der Waals surface area contributed by atoms with Gasteiger partial charge in [-0.1, -0.05) is 5.53 Å². The van der Waals surface area contributed by atoms with E-state index in [0.29, 0.717) is 0 Å². The molecule has 0 saturated carbocycles. The summed E-state index contributed by atoms with van der Waals surface area (Å²) < 4.78 is 0. The first-order valence-electron chi connectivity index (χ1n) is 1.77. The summed E-state index contributed by atoms with van der Waals surface area (Å²) in [6, 6.07) is 1.64. The van der Waals surface area contributed by atoms with Crippen LogP contribution in [-0.2, 0) is 0 Å². The van der Waals surface area contributed by atoms with Gasteiger partial charge < -0.3 is 0 Å². The van der Waals surface area contributed by atoms with Gasteiger partial charge in [0.25, 0.3) is 0 Å². The molecule has 0 radical (unpaired) electrons. The second-order valence-corrected chi connectivity index (χ2v) is 0.881. The first-order chi connectivity index (χ1) is 3.77. The number of nitrogens with one attached hydrogen (secondary N) is 2. The molecule has 0 atom stereocenters. The van der Waals surface area contributed by atoms with E-state index in [2.05, 4.69) is 0 Å². The van der Waals surface area contributed by atoms with Gasteiger partial charge in [0.1, 0.15) is 6.54 Å². The Morgan fingerprint density at radius 2 is 2.50 bits per heavy atom. The summed E-state index contributed by atoms with van der Waals surface area (Å²) in [6.45, 7) is -0.0824. The standard InChI is InChI=1S/C2H4N4O2/c3-1-2-4-5-6(7)8/h4-5H,2H2. The average molecular weight is 116 g/mol. The molecule has 0 aromatic heterocycles. The van der Waals surface area contributed by atoms with Crippen molar-refractivity contribution in [3.05, 3.63) is 10.1 Å². The molecule has 0 saturated heterocycles. The van der Waals surface area contributed by atoms with Crippen LogP contribution in [0.1, 0.15) is 0 Å². The van der Waals surface area contributed by atoms with E-state index >= 15 is 0 Å². The molecule has 6 nitrogen and oxygen atoms in total. The lowest BCUT2D eigenvalue weighted by molar-refractivity contribution is -0.554. The molecule has 44 valence electrons. The van der Waals surface area contributed by atoms with Gasteiger partial charge in [-0.05, 0) is 0 Å². The first kappa shape index (κ1) is 6.65. The number of nitriles is 1. The van der Waals surface area contributed by atoms with Crippen molar-refractivity contribution in [2.24, 2.45) is 0 Å². The average Bonchev–Trinajstić information content (AvgIpc) is 1.66. The summed E-state index contributed by atoms with van der Waals surface area (Å²) in [6.07, 6.45) is 0. The Bertz CT molecular complexity index is 116. The maximum absolute atomic E-state index is 9.40. The van der Waals surface area contributed by atoms with Crippen molar-refractivity contribution in [3.63, 3.8) is 0 Å². The van der Waals surface area contributed by atoms with Crippen LogP contribution in [0, 0.1) is 21.4 Å². The Morgan fingerprint density at radius 3 is 2.88 bits per heavy atom. The van der Waals surface area contributed by atoms with Crippen LogP contribution in [-0.4, -0.2) is 11.6 Å². The van der Waals surface area contributed by atoms with Gasteiger partial charge in [0.15, 0.2) is 5.03 Å². The van der Waals surface area contributed by atoms with Gasteiger partial charge in [-0.2, -0.15) is 10.7 Å². The van der Waals surface area contributed by atoms with Gasteiger partial charge in [0, 0.05) is 0 Å². The van der Waals surface area contributed by atoms with Crippen LogP contribution in [0.3, 0.4) is 0 Å². The lowest BCUT2D eigenvalue weighted by atomic mass is 10.8. The van der Waals surface area contributed by atoms with Crippen LogP contribution in [0.5, 0.6) is 0 Å². The van der Waals surface area contributed by atoms with E-state index in [4.69, 9.17) is 5.26 Å². The maximum atomic E-state index is 9.40. The quantitative estimate of drug-likeness (QED) is 0.209. The van der Waals surface area contributed by atoms with Crippen LogP contribution in [0.4, 0.5) is 0 Å². The number of hydrogen-bond donors (Lipinski definition) is 2. The Balaban J connectivity index is 2.97. The van der Waals surface area contributed by atoms with Crippen LogP contribution in [0.25, 0.3) is 0 Å². The third kappa shape index (κ3) is 4.65. The van der Waals surface area contributed by atoms with Gasteiger partial charge >= 0.3 is 0 Å². The SMILES string of the molecule is N#CCNN[N+](=O)[O-]. The molecule has 0 spiro atoms. The van der Waals surface area contributed by atoms with E-state index in [0.717, 1.165) is 0 Å². The molecule has 0 aromatic carbocycles. The molecule has 0 bridgehead atoms. The fraction of sp³-hybridized carbons (Fsp3) is 0.500. The van der Waals surface area contributed by atoms with Crippen LogP contribution >= 0.6 is 0 Å². The minimum atomic E-state index is -0.780. The Hall–Kier alpha value is -1.35. The number of hydrazine groups is 2. The smallest absolute Gasteiger partial charge is 0.173 e. The minimum absolute atomic E-state index is 0.0824. The van der Waals surface area contributed by atoms with E-state index in [9.17, 15) is 10.1 Å². The Labute approximate surface area is 45.2 Å². The monoisotopic (exact) mass is 116 g/mol.